The normalized spacial score (nSPS) is 14.5. The first-order valence-corrected chi connectivity index (χ1v) is 13.1. The molecule has 5 heteroatoms. The van der Waals surface area contributed by atoms with Crippen LogP contribution in [0.25, 0.3) is 6.08 Å². The van der Waals surface area contributed by atoms with Crippen LogP contribution >= 0.6 is 15.9 Å². The summed E-state index contributed by atoms with van der Waals surface area (Å²) in [5.74, 6) is 0.784. The van der Waals surface area contributed by atoms with Gasteiger partial charge in [0.15, 0.2) is 0 Å². The van der Waals surface area contributed by atoms with Crippen molar-refractivity contribution in [1.82, 2.24) is 9.97 Å². The zero-order chi connectivity index (χ0) is 23.8. The number of nitrogens with zero attached hydrogens (tertiary/aromatic N) is 1. The molecule has 0 radical (unpaired) electrons. The van der Waals surface area contributed by atoms with Crippen LogP contribution in [0.1, 0.15) is 73.7 Å². The van der Waals surface area contributed by atoms with E-state index in [1.54, 1.807) is 7.11 Å². The topological polar surface area (TPSA) is 53.2 Å². The number of hydrogen-bond acceptors (Lipinski definition) is 2. The SMILES string of the molecule is CCCCCCCCc1cc(Cc2ccc(Br)cc2)c(/C=C2\N=C(c3ccc[nH]3)C=C2OC)[nH]1. The molecule has 0 bridgehead atoms. The molecule has 2 N–H and O–H groups in total. The highest BCUT2D eigenvalue weighted by molar-refractivity contribution is 9.10. The molecule has 0 saturated carbocycles. The summed E-state index contributed by atoms with van der Waals surface area (Å²) in [4.78, 5) is 11.8. The average molecular weight is 521 g/mol. The van der Waals surface area contributed by atoms with Gasteiger partial charge in [0.1, 0.15) is 11.5 Å². The van der Waals surface area contributed by atoms with Crippen LogP contribution in [0.3, 0.4) is 0 Å². The number of aryl methyl sites for hydroxylation is 1. The van der Waals surface area contributed by atoms with Crippen LogP contribution in [-0.2, 0) is 17.6 Å². The second-order valence-corrected chi connectivity index (χ2v) is 9.79. The number of hydrogen-bond donors (Lipinski definition) is 2. The highest BCUT2D eigenvalue weighted by atomic mass is 79.9. The predicted octanol–water partition coefficient (Wildman–Crippen LogP) is 7.97. The van der Waals surface area contributed by atoms with E-state index in [4.69, 9.17) is 9.73 Å². The number of H-pyrrole nitrogens is 2. The number of aromatic nitrogens is 2. The van der Waals surface area contributed by atoms with Gasteiger partial charge in [-0.25, -0.2) is 4.99 Å². The van der Waals surface area contributed by atoms with Crippen LogP contribution in [-0.4, -0.2) is 22.8 Å². The summed E-state index contributed by atoms with van der Waals surface area (Å²) in [6.45, 7) is 2.27. The van der Waals surface area contributed by atoms with E-state index in [2.05, 4.69) is 69.2 Å². The van der Waals surface area contributed by atoms with Crippen molar-refractivity contribution in [3.8, 4) is 0 Å². The number of ether oxygens (including phenoxy) is 1. The van der Waals surface area contributed by atoms with Crippen LogP contribution in [0.15, 0.2) is 75.7 Å². The highest BCUT2D eigenvalue weighted by Gasteiger charge is 2.18. The Hall–Kier alpha value is -2.79. The molecule has 4 rings (SSSR count). The largest absolute Gasteiger partial charge is 0.494 e. The molecule has 178 valence electrons. The minimum Gasteiger partial charge on any atom is -0.494 e. The number of aromatic amines is 2. The van der Waals surface area contributed by atoms with Gasteiger partial charge in [0.2, 0.25) is 0 Å². The molecule has 0 spiro atoms. The van der Waals surface area contributed by atoms with E-state index in [0.717, 1.165) is 45.9 Å². The molecule has 1 aliphatic rings. The van der Waals surface area contributed by atoms with E-state index >= 15 is 0 Å². The molecule has 34 heavy (non-hydrogen) atoms. The van der Waals surface area contributed by atoms with Crippen LogP contribution < -0.4 is 0 Å². The number of halogens is 1. The summed E-state index contributed by atoms with van der Waals surface area (Å²) in [6.07, 6.45) is 15.8. The summed E-state index contributed by atoms with van der Waals surface area (Å²) >= 11 is 3.54. The van der Waals surface area contributed by atoms with Crippen molar-refractivity contribution in [2.45, 2.75) is 58.3 Å². The lowest BCUT2D eigenvalue weighted by molar-refractivity contribution is 0.303. The molecule has 0 saturated heterocycles. The van der Waals surface area contributed by atoms with Gasteiger partial charge in [-0.05, 0) is 66.8 Å². The fourth-order valence-electron chi connectivity index (χ4n) is 4.35. The number of methoxy groups -OCH3 is 1. The molecule has 1 aromatic carbocycles. The van der Waals surface area contributed by atoms with Crippen molar-refractivity contribution in [3.63, 3.8) is 0 Å². The lowest BCUT2D eigenvalue weighted by Crippen LogP contribution is -1.93. The number of allylic oxidation sites excluding steroid dienone is 1. The number of nitrogens with one attached hydrogen (secondary N) is 2. The Morgan fingerprint density at radius 3 is 2.56 bits per heavy atom. The van der Waals surface area contributed by atoms with Crippen LogP contribution in [0, 0.1) is 0 Å². The van der Waals surface area contributed by atoms with Gasteiger partial charge in [-0.2, -0.15) is 0 Å². The van der Waals surface area contributed by atoms with E-state index in [1.165, 1.54) is 55.3 Å². The third kappa shape index (κ3) is 6.41. The van der Waals surface area contributed by atoms with Gasteiger partial charge < -0.3 is 14.7 Å². The molecular weight excluding hydrogens is 486 g/mol. The fourth-order valence-corrected chi connectivity index (χ4v) is 4.62. The number of unbranched alkanes of at least 4 members (excludes halogenated alkanes) is 5. The third-order valence-corrected chi connectivity index (χ3v) is 6.76. The second kappa shape index (κ2) is 12.1. The van der Waals surface area contributed by atoms with Gasteiger partial charge >= 0.3 is 0 Å². The Kier molecular flexibility index (Phi) is 8.64. The van der Waals surface area contributed by atoms with E-state index < -0.39 is 0 Å². The molecule has 2 aromatic heterocycles. The van der Waals surface area contributed by atoms with Crippen LogP contribution in [0.2, 0.25) is 0 Å². The Bertz CT molecular complexity index is 1150. The van der Waals surface area contributed by atoms with Crippen molar-refractivity contribution in [3.05, 3.63) is 98.9 Å². The summed E-state index contributed by atoms with van der Waals surface area (Å²) in [5, 5.41) is 0. The molecule has 0 amide bonds. The van der Waals surface area contributed by atoms with E-state index in [-0.39, 0.29) is 0 Å². The summed E-state index contributed by atoms with van der Waals surface area (Å²) in [6, 6.07) is 14.9. The van der Waals surface area contributed by atoms with Crippen LogP contribution in [0.4, 0.5) is 0 Å². The molecular formula is C29H34BrN3O. The minimum atomic E-state index is 0.784. The first kappa shape index (κ1) is 24.3. The molecule has 0 aliphatic carbocycles. The molecule has 3 aromatic rings. The van der Waals surface area contributed by atoms with Gasteiger partial charge in [0.05, 0.1) is 18.5 Å². The third-order valence-electron chi connectivity index (χ3n) is 6.23. The quantitative estimate of drug-likeness (QED) is 0.234. The summed E-state index contributed by atoms with van der Waals surface area (Å²) < 4.78 is 6.76. The monoisotopic (exact) mass is 519 g/mol. The first-order valence-electron chi connectivity index (χ1n) is 12.3. The average Bonchev–Trinajstić information content (AvgIpc) is 3.58. The van der Waals surface area contributed by atoms with Gasteiger partial charge in [-0.3, -0.25) is 0 Å². The van der Waals surface area contributed by atoms with E-state index in [9.17, 15) is 0 Å². The maximum atomic E-state index is 5.66. The predicted molar refractivity (Wildman–Crippen MR) is 145 cm³/mol. The summed E-state index contributed by atoms with van der Waals surface area (Å²) in [7, 11) is 1.70. The number of aliphatic imine (C=N–C) groups is 1. The van der Waals surface area contributed by atoms with Gasteiger partial charge in [0.25, 0.3) is 0 Å². The molecule has 1 aliphatic heterocycles. The maximum absolute atomic E-state index is 5.66. The van der Waals surface area contributed by atoms with Crippen molar-refractivity contribution < 1.29 is 4.74 Å². The Morgan fingerprint density at radius 2 is 1.82 bits per heavy atom. The van der Waals surface area contributed by atoms with Crippen molar-refractivity contribution in [1.29, 1.82) is 0 Å². The van der Waals surface area contributed by atoms with Crippen molar-refractivity contribution in [2.75, 3.05) is 7.11 Å². The minimum absolute atomic E-state index is 0.784. The van der Waals surface area contributed by atoms with Gasteiger partial charge in [-0.15, -0.1) is 0 Å². The van der Waals surface area contributed by atoms with Crippen molar-refractivity contribution in [2.24, 2.45) is 4.99 Å². The van der Waals surface area contributed by atoms with E-state index in [0.29, 0.717) is 0 Å². The molecule has 3 heterocycles. The zero-order valence-electron chi connectivity index (χ0n) is 20.2. The number of benzene rings is 1. The lowest BCUT2D eigenvalue weighted by atomic mass is 10.0. The maximum Gasteiger partial charge on any atom is 0.146 e. The molecule has 0 unspecified atom stereocenters. The Balaban J connectivity index is 1.57. The number of rotatable bonds is 12. The zero-order valence-corrected chi connectivity index (χ0v) is 21.7. The summed E-state index contributed by atoms with van der Waals surface area (Å²) in [5.41, 5.74) is 7.70. The fraction of sp³-hybridized carbons (Fsp3) is 0.345. The van der Waals surface area contributed by atoms with Crippen molar-refractivity contribution >= 4 is 27.7 Å². The van der Waals surface area contributed by atoms with Crippen LogP contribution in [0.5, 0.6) is 0 Å². The Morgan fingerprint density at radius 1 is 1.03 bits per heavy atom. The second-order valence-electron chi connectivity index (χ2n) is 8.88. The molecule has 0 atom stereocenters. The van der Waals surface area contributed by atoms with Gasteiger partial charge in [-0.1, -0.05) is 67.1 Å². The Labute approximate surface area is 211 Å². The standard InChI is InChI=1S/C29H34BrN3O/c1-3-4-5-6-7-8-10-24-18-22(17-21-12-14-23(30)15-13-21)26(32-24)19-28-29(34-2)20-27(33-28)25-11-9-16-31-25/h9,11-16,18-20,31-32H,3-8,10,17H2,1-2H3/b28-19-. The highest BCUT2D eigenvalue weighted by Crippen LogP contribution is 2.27. The smallest absolute Gasteiger partial charge is 0.146 e. The van der Waals surface area contributed by atoms with E-state index in [1.807, 2.05) is 24.4 Å². The first-order chi connectivity index (χ1) is 16.7. The lowest BCUT2D eigenvalue weighted by Gasteiger charge is -2.04. The molecule has 0 fully saturated rings. The van der Waals surface area contributed by atoms with Gasteiger partial charge in [0, 0.05) is 28.1 Å². The molecule has 4 nitrogen and oxygen atoms in total.